The number of hydrogen-bond acceptors (Lipinski definition) is 3. The van der Waals surface area contributed by atoms with Crippen molar-refractivity contribution in [2.75, 3.05) is 6.61 Å². The summed E-state index contributed by atoms with van der Waals surface area (Å²) in [6.45, 7) is 5.14. The van der Waals surface area contributed by atoms with E-state index in [0.29, 0.717) is 13.2 Å². The molecule has 4 heteroatoms. The normalized spacial score (nSPS) is 22.3. The lowest BCUT2D eigenvalue weighted by Crippen LogP contribution is -2.30. The molecule has 0 saturated heterocycles. The Morgan fingerprint density at radius 3 is 3.00 bits per heavy atom. The molecule has 0 aromatic heterocycles. The topological polar surface area (TPSA) is 47.6 Å². The molecule has 2 aliphatic rings. The third-order valence-corrected chi connectivity index (χ3v) is 4.47. The first-order valence-corrected chi connectivity index (χ1v) is 8.55. The third kappa shape index (κ3) is 3.69. The van der Waals surface area contributed by atoms with Gasteiger partial charge in [-0.2, -0.15) is 0 Å². The molecular weight excluding hydrogens is 290 g/mol. The van der Waals surface area contributed by atoms with Crippen LogP contribution in [0.1, 0.15) is 44.2 Å². The number of carbonyl (C=O) groups is 1. The molecule has 0 bridgehead atoms. The second-order valence-corrected chi connectivity index (χ2v) is 6.33. The molecule has 1 N–H and O–H groups in total. The van der Waals surface area contributed by atoms with Crippen molar-refractivity contribution in [2.45, 2.75) is 52.2 Å². The molecule has 23 heavy (non-hydrogen) atoms. The Balaban J connectivity index is 1.70. The van der Waals surface area contributed by atoms with Crippen molar-refractivity contribution in [3.8, 4) is 11.5 Å². The maximum atomic E-state index is 12.3. The Morgan fingerprint density at radius 1 is 1.39 bits per heavy atom. The number of amides is 1. The lowest BCUT2D eigenvalue weighted by atomic mass is 9.93. The number of ether oxygens (including phenoxy) is 2. The lowest BCUT2D eigenvalue weighted by Gasteiger charge is -2.18. The summed E-state index contributed by atoms with van der Waals surface area (Å²) in [6, 6.07) is 4.08. The predicted octanol–water partition coefficient (Wildman–Crippen LogP) is 3.38. The largest absolute Gasteiger partial charge is 0.494 e. The SMILES string of the molecule is CCOc1cc2c(cc1CNC(=O)[C@@H]1CC=CCC1)O[C@@H](C)C2. The zero-order valence-electron chi connectivity index (χ0n) is 13.9. The molecule has 0 spiro atoms. The van der Waals surface area contributed by atoms with Crippen LogP contribution in [0.4, 0.5) is 0 Å². The summed E-state index contributed by atoms with van der Waals surface area (Å²) in [5, 5.41) is 3.06. The number of rotatable bonds is 5. The van der Waals surface area contributed by atoms with Crippen LogP contribution in [0.25, 0.3) is 0 Å². The molecule has 1 aliphatic carbocycles. The van der Waals surface area contributed by atoms with Gasteiger partial charge in [0.2, 0.25) is 5.91 Å². The monoisotopic (exact) mass is 315 g/mol. The van der Waals surface area contributed by atoms with E-state index >= 15 is 0 Å². The number of allylic oxidation sites excluding steroid dienone is 2. The van der Waals surface area contributed by atoms with Gasteiger partial charge in [0.25, 0.3) is 0 Å². The van der Waals surface area contributed by atoms with E-state index in [1.807, 2.05) is 13.0 Å². The number of carbonyl (C=O) groups excluding carboxylic acids is 1. The molecule has 4 nitrogen and oxygen atoms in total. The van der Waals surface area contributed by atoms with Gasteiger partial charge in [-0.3, -0.25) is 4.79 Å². The van der Waals surface area contributed by atoms with Crippen LogP contribution in [-0.2, 0) is 17.8 Å². The molecular formula is C19H25NO3. The summed E-state index contributed by atoms with van der Waals surface area (Å²) in [4.78, 5) is 12.3. The van der Waals surface area contributed by atoms with Crippen LogP contribution in [0.15, 0.2) is 24.3 Å². The Hall–Kier alpha value is -1.97. The van der Waals surface area contributed by atoms with Gasteiger partial charge in [0.15, 0.2) is 0 Å². The van der Waals surface area contributed by atoms with Crippen LogP contribution in [0, 0.1) is 5.92 Å². The highest BCUT2D eigenvalue weighted by Crippen LogP contribution is 2.35. The minimum Gasteiger partial charge on any atom is -0.494 e. The van der Waals surface area contributed by atoms with E-state index in [1.165, 1.54) is 5.56 Å². The Bertz CT molecular complexity index is 609. The van der Waals surface area contributed by atoms with Crippen molar-refractivity contribution in [3.63, 3.8) is 0 Å². The van der Waals surface area contributed by atoms with Crippen LogP contribution >= 0.6 is 0 Å². The summed E-state index contributed by atoms with van der Waals surface area (Å²) in [5.41, 5.74) is 2.17. The summed E-state index contributed by atoms with van der Waals surface area (Å²) >= 11 is 0. The van der Waals surface area contributed by atoms with E-state index in [-0.39, 0.29) is 17.9 Å². The van der Waals surface area contributed by atoms with Gasteiger partial charge in [0.1, 0.15) is 17.6 Å². The van der Waals surface area contributed by atoms with Gasteiger partial charge in [0.05, 0.1) is 6.61 Å². The van der Waals surface area contributed by atoms with Gasteiger partial charge >= 0.3 is 0 Å². The molecule has 1 aromatic rings. The standard InChI is InChI=1S/C19H25NO3/c1-3-22-17-10-15-9-13(2)23-18(15)11-16(17)12-20-19(21)14-7-5-4-6-8-14/h4-5,10-11,13-14H,3,6-9,12H2,1-2H3,(H,20,21)/t13-,14+/m0/s1. The second-order valence-electron chi connectivity index (χ2n) is 6.33. The first kappa shape index (κ1) is 15.9. The highest BCUT2D eigenvalue weighted by atomic mass is 16.5. The molecule has 1 heterocycles. The average molecular weight is 315 g/mol. The zero-order chi connectivity index (χ0) is 16.2. The fourth-order valence-corrected chi connectivity index (χ4v) is 3.27. The van der Waals surface area contributed by atoms with Gasteiger partial charge in [-0.1, -0.05) is 12.2 Å². The van der Waals surface area contributed by atoms with Gasteiger partial charge < -0.3 is 14.8 Å². The van der Waals surface area contributed by atoms with E-state index in [1.54, 1.807) is 0 Å². The third-order valence-electron chi connectivity index (χ3n) is 4.47. The van der Waals surface area contributed by atoms with Crippen LogP contribution < -0.4 is 14.8 Å². The van der Waals surface area contributed by atoms with Crippen LogP contribution in [0.2, 0.25) is 0 Å². The quantitative estimate of drug-likeness (QED) is 0.847. The maximum Gasteiger partial charge on any atom is 0.223 e. The van der Waals surface area contributed by atoms with Gasteiger partial charge in [-0.05, 0) is 45.2 Å². The van der Waals surface area contributed by atoms with Crippen LogP contribution in [0.5, 0.6) is 11.5 Å². The average Bonchev–Trinajstić information content (AvgIpc) is 2.92. The Labute approximate surface area is 137 Å². The highest BCUT2D eigenvalue weighted by molar-refractivity contribution is 5.79. The fraction of sp³-hybridized carbons (Fsp3) is 0.526. The molecule has 3 rings (SSSR count). The fourth-order valence-electron chi connectivity index (χ4n) is 3.27. The van der Waals surface area contributed by atoms with Gasteiger partial charge in [-0.15, -0.1) is 0 Å². The summed E-state index contributed by atoms with van der Waals surface area (Å²) in [6.07, 6.45) is 8.14. The maximum absolute atomic E-state index is 12.3. The van der Waals surface area contributed by atoms with E-state index in [0.717, 1.165) is 42.7 Å². The van der Waals surface area contributed by atoms with Crippen molar-refractivity contribution in [3.05, 3.63) is 35.4 Å². The van der Waals surface area contributed by atoms with Crippen molar-refractivity contribution < 1.29 is 14.3 Å². The molecule has 1 aliphatic heterocycles. The molecule has 0 saturated carbocycles. The zero-order valence-corrected chi connectivity index (χ0v) is 13.9. The van der Waals surface area contributed by atoms with E-state index in [9.17, 15) is 4.79 Å². The molecule has 0 fully saturated rings. The molecule has 124 valence electrons. The number of benzene rings is 1. The van der Waals surface area contributed by atoms with E-state index in [4.69, 9.17) is 9.47 Å². The highest BCUT2D eigenvalue weighted by Gasteiger charge is 2.23. The number of fused-ring (bicyclic) bond motifs is 1. The van der Waals surface area contributed by atoms with Crippen LogP contribution in [0.3, 0.4) is 0 Å². The smallest absolute Gasteiger partial charge is 0.223 e. The summed E-state index contributed by atoms with van der Waals surface area (Å²) in [7, 11) is 0. The molecule has 2 atom stereocenters. The van der Waals surface area contributed by atoms with Crippen molar-refractivity contribution in [1.29, 1.82) is 0 Å². The molecule has 1 aromatic carbocycles. The second kappa shape index (κ2) is 7.07. The lowest BCUT2D eigenvalue weighted by molar-refractivity contribution is -0.125. The molecule has 0 radical (unpaired) electrons. The van der Waals surface area contributed by atoms with Crippen LogP contribution in [-0.4, -0.2) is 18.6 Å². The first-order chi connectivity index (χ1) is 11.2. The van der Waals surface area contributed by atoms with Crippen molar-refractivity contribution >= 4 is 5.91 Å². The molecule has 0 unspecified atom stereocenters. The summed E-state index contributed by atoms with van der Waals surface area (Å²) < 4.78 is 11.6. The Kier molecular flexibility index (Phi) is 4.89. The predicted molar refractivity (Wildman–Crippen MR) is 89.7 cm³/mol. The van der Waals surface area contributed by atoms with Crippen molar-refractivity contribution in [1.82, 2.24) is 5.32 Å². The van der Waals surface area contributed by atoms with Crippen molar-refractivity contribution in [2.24, 2.45) is 5.92 Å². The minimum absolute atomic E-state index is 0.0984. The Morgan fingerprint density at radius 2 is 2.26 bits per heavy atom. The van der Waals surface area contributed by atoms with E-state index < -0.39 is 0 Å². The number of nitrogens with one attached hydrogen (secondary N) is 1. The first-order valence-electron chi connectivity index (χ1n) is 8.55. The number of hydrogen-bond donors (Lipinski definition) is 1. The van der Waals surface area contributed by atoms with Gasteiger partial charge in [0, 0.05) is 30.0 Å². The van der Waals surface area contributed by atoms with Gasteiger partial charge in [-0.25, -0.2) is 0 Å². The minimum atomic E-state index is 0.0984. The summed E-state index contributed by atoms with van der Waals surface area (Å²) in [5.74, 6) is 2.01. The van der Waals surface area contributed by atoms with E-state index in [2.05, 4.69) is 30.5 Å². The molecule has 1 amide bonds.